The lowest BCUT2D eigenvalue weighted by molar-refractivity contribution is 0.0921. The van der Waals surface area contributed by atoms with Crippen molar-refractivity contribution in [3.8, 4) is 0 Å². The maximum absolute atomic E-state index is 11.9. The summed E-state index contributed by atoms with van der Waals surface area (Å²) in [6, 6.07) is 7.16. The minimum absolute atomic E-state index is 0.194. The molecule has 0 bridgehead atoms. The van der Waals surface area contributed by atoms with Crippen molar-refractivity contribution < 1.29 is 9.90 Å². The van der Waals surface area contributed by atoms with Crippen molar-refractivity contribution >= 4 is 22.4 Å². The summed E-state index contributed by atoms with van der Waals surface area (Å²) in [5.74, 6) is -0.313. The van der Waals surface area contributed by atoms with Crippen LogP contribution in [0, 0.1) is 0 Å². The number of rotatable bonds is 3. The highest BCUT2D eigenvalue weighted by Gasteiger charge is 2.12. The highest BCUT2D eigenvalue weighted by Crippen LogP contribution is 2.19. The summed E-state index contributed by atoms with van der Waals surface area (Å²) in [4.78, 5) is 16.0. The van der Waals surface area contributed by atoms with Crippen LogP contribution in [0.4, 0.5) is 5.69 Å². The summed E-state index contributed by atoms with van der Waals surface area (Å²) >= 11 is 0. The third kappa shape index (κ3) is 2.57. The first-order chi connectivity index (χ1) is 8.58. The number of anilines is 1. The van der Waals surface area contributed by atoms with Crippen LogP contribution in [0.5, 0.6) is 0 Å². The lowest BCUT2D eigenvalue weighted by Crippen LogP contribution is -2.31. The number of aliphatic hydroxyl groups excluding tert-OH is 1. The van der Waals surface area contributed by atoms with Crippen molar-refractivity contribution in [1.82, 2.24) is 10.3 Å². The van der Waals surface area contributed by atoms with E-state index in [0.717, 1.165) is 5.39 Å². The van der Waals surface area contributed by atoms with E-state index < -0.39 is 6.10 Å². The molecule has 0 aliphatic heterocycles. The molecule has 1 unspecified atom stereocenters. The molecule has 0 aliphatic rings. The second kappa shape index (κ2) is 5.01. The number of nitrogens with one attached hydrogen (secondary N) is 1. The summed E-state index contributed by atoms with van der Waals surface area (Å²) in [5.41, 5.74) is 6.62. The number of pyridine rings is 1. The Morgan fingerprint density at radius 2 is 2.28 bits per heavy atom. The summed E-state index contributed by atoms with van der Waals surface area (Å²) in [7, 11) is 0. The van der Waals surface area contributed by atoms with Crippen molar-refractivity contribution in [2.45, 2.75) is 13.0 Å². The molecule has 1 atom stereocenters. The number of benzene rings is 1. The average molecular weight is 245 g/mol. The van der Waals surface area contributed by atoms with Gasteiger partial charge in [0.15, 0.2) is 0 Å². The molecule has 5 nitrogen and oxygen atoms in total. The number of carbonyl (C=O) groups is 1. The van der Waals surface area contributed by atoms with Gasteiger partial charge in [0.1, 0.15) is 5.69 Å². The zero-order valence-corrected chi connectivity index (χ0v) is 10.1. The Hall–Kier alpha value is -2.14. The Morgan fingerprint density at radius 3 is 3.00 bits per heavy atom. The van der Waals surface area contributed by atoms with Crippen LogP contribution < -0.4 is 11.1 Å². The van der Waals surface area contributed by atoms with Gasteiger partial charge in [0.2, 0.25) is 0 Å². The molecule has 18 heavy (non-hydrogen) atoms. The number of fused-ring (bicyclic) bond motifs is 1. The van der Waals surface area contributed by atoms with Gasteiger partial charge in [-0.05, 0) is 30.5 Å². The standard InChI is InChI=1S/C13H15N3O2/c1-8(17)7-16-13(18)12-11-6-10(14)3-2-9(11)4-5-15-12/h2-6,8,17H,7,14H2,1H3,(H,16,18). The number of nitrogen functional groups attached to an aromatic ring is 1. The Labute approximate surface area is 105 Å². The first kappa shape index (κ1) is 12.3. The average Bonchev–Trinajstić information content (AvgIpc) is 2.35. The van der Waals surface area contributed by atoms with Gasteiger partial charge < -0.3 is 16.2 Å². The number of aromatic nitrogens is 1. The highest BCUT2D eigenvalue weighted by atomic mass is 16.3. The fraction of sp³-hybridized carbons (Fsp3) is 0.231. The molecule has 1 heterocycles. The minimum atomic E-state index is -0.589. The molecular formula is C13H15N3O2. The number of hydrogen-bond donors (Lipinski definition) is 3. The molecule has 1 amide bonds. The molecule has 1 aromatic carbocycles. The van der Waals surface area contributed by atoms with E-state index in [-0.39, 0.29) is 12.5 Å². The van der Waals surface area contributed by atoms with E-state index in [9.17, 15) is 4.79 Å². The van der Waals surface area contributed by atoms with Gasteiger partial charge in [-0.1, -0.05) is 6.07 Å². The van der Waals surface area contributed by atoms with Gasteiger partial charge in [0, 0.05) is 23.8 Å². The van der Waals surface area contributed by atoms with Crippen LogP contribution in [0.1, 0.15) is 17.4 Å². The molecule has 2 rings (SSSR count). The van der Waals surface area contributed by atoms with Crippen LogP contribution >= 0.6 is 0 Å². The Bertz CT molecular complexity index is 581. The normalized spacial score (nSPS) is 12.3. The van der Waals surface area contributed by atoms with Gasteiger partial charge in [-0.2, -0.15) is 0 Å². The smallest absolute Gasteiger partial charge is 0.270 e. The number of carbonyl (C=O) groups excluding carboxylic acids is 1. The highest BCUT2D eigenvalue weighted by molar-refractivity contribution is 6.05. The molecule has 5 heteroatoms. The lowest BCUT2D eigenvalue weighted by atomic mass is 10.1. The van der Waals surface area contributed by atoms with Gasteiger partial charge in [-0.3, -0.25) is 9.78 Å². The van der Waals surface area contributed by atoms with Crippen molar-refractivity contribution in [3.63, 3.8) is 0 Å². The number of amides is 1. The molecule has 0 radical (unpaired) electrons. The first-order valence-corrected chi connectivity index (χ1v) is 5.68. The van der Waals surface area contributed by atoms with Crippen molar-refractivity contribution in [2.75, 3.05) is 12.3 Å². The maximum atomic E-state index is 11.9. The number of aliphatic hydroxyl groups is 1. The molecule has 4 N–H and O–H groups in total. The van der Waals surface area contributed by atoms with Crippen LogP contribution in [0.15, 0.2) is 30.5 Å². The maximum Gasteiger partial charge on any atom is 0.270 e. The van der Waals surface area contributed by atoms with E-state index >= 15 is 0 Å². The van der Waals surface area contributed by atoms with Gasteiger partial charge in [0.25, 0.3) is 5.91 Å². The Morgan fingerprint density at radius 1 is 1.50 bits per heavy atom. The van der Waals surface area contributed by atoms with Gasteiger partial charge >= 0.3 is 0 Å². The van der Waals surface area contributed by atoms with E-state index in [0.29, 0.717) is 16.8 Å². The monoisotopic (exact) mass is 245 g/mol. The fourth-order valence-electron chi connectivity index (χ4n) is 1.69. The number of nitrogens with two attached hydrogens (primary N) is 1. The predicted molar refractivity (Wildman–Crippen MR) is 70.2 cm³/mol. The van der Waals surface area contributed by atoms with Crippen molar-refractivity contribution in [1.29, 1.82) is 0 Å². The van der Waals surface area contributed by atoms with Crippen LogP contribution in [0.2, 0.25) is 0 Å². The van der Waals surface area contributed by atoms with E-state index in [1.165, 1.54) is 0 Å². The van der Waals surface area contributed by atoms with Crippen molar-refractivity contribution in [2.24, 2.45) is 0 Å². The van der Waals surface area contributed by atoms with Gasteiger partial charge in [-0.25, -0.2) is 0 Å². The molecule has 1 aromatic heterocycles. The van der Waals surface area contributed by atoms with E-state index in [1.807, 2.05) is 12.1 Å². The minimum Gasteiger partial charge on any atom is -0.399 e. The van der Waals surface area contributed by atoms with E-state index in [4.69, 9.17) is 10.8 Å². The van der Waals surface area contributed by atoms with Gasteiger partial charge in [-0.15, -0.1) is 0 Å². The first-order valence-electron chi connectivity index (χ1n) is 5.68. The quantitative estimate of drug-likeness (QED) is 0.702. The molecule has 0 fully saturated rings. The van der Waals surface area contributed by atoms with Crippen LogP contribution in [-0.2, 0) is 0 Å². The van der Waals surface area contributed by atoms with Crippen LogP contribution in [0.3, 0.4) is 0 Å². The number of hydrogen-bond acceptors (Lipinski definition) is 4. The number of nitrogens with zero attached hydrogens (tertiary/aromatic N) is 1. The Balaban J connectivity index is 2.38. The molecule has 0 saturated heterocycles. The van der Waals surface area contributed by atoms with Gasteiger partial charge in [0.05, 0.1) is 6.10 Å². The van der Waals surface area contributed by atoms with Crippen LogP contribution in [-0.4, -0.2) is 28.6 Å². The third-order valence-electron chi connectivity index (χ3n) is 2.56. The molecule has 94 valence electrons. The van der Waals surface area contributed by atoms with E-state index in [1.54, 1.807) is 25.3 Å². The van der Waals surface area contributed by atoms with Crippen molar-refractivity contribution in [3.05, 3.63) is 36.2 Å². The lowest BCUT2D eigenvalue weighted by Gasteiger charge is -2.09. The SMILES string of the molecule is CC(O)CNC(=O)c1nccc2ccc(N)cc12. The molecule has 0 spiro atoms. The van der Waals surface area contributed by atoms with Crippen LogP contribution in [0.25, 0.3) is 10.8 Å². The van der Waals surface area contributed by atoms with E-state index in [2.05, 4.69) is 10.3 Å². The molecule has 2 aromatic rings. The Kier molecular flexibility index (Phi) is 3.43. The fourth-order valence-corrected chi connectivity index (χ4v) is 1.69. The summed E-state index contributed by atoms with van der Waals surface area (Å²) in [6.45, 7) is 1.80. The second-order valence-electron chi connectivity index (χ2n) is 4.20. The molecule has 0 aliphatic carbocycles. The summed E-state index contributed by atoms with van der Waals surface area (Å²) in [6.07, 6.45) is 0.990. The zero-order chi connectivity index (χ0) is 13.1. The summed E-state index contributed by atoms with van der Waals surface area (Å²) < 4.78 is 0. The largest absolute Gasteiger partial charge is 0.399 e. The second-order valence-corrected chi connectivity index (χ2v) is 4.20. The zero-order valence-electron chi connectivity index (χ0n) is 10.1. The molecule has 0 saturated carbocycles. The summed E-state index contributed by atoms with van der Waals surface area (Å²) in [5, 5.41) is 13.4. The molecular weight excluding hydrogens is 230 g/mol. The predicted octanol–water partition coefficient (Wildman–Crippen LogP) is 0.928. The third-order valence-corrected chi connectivity index (χ3v) is 2.56. The topological polar surface area (TPSA) is 88.2 Å².